The number of nitrogens with zero attached hydrogens (tertiary/aromatic N) is 3. The summed E-state index contributed by atoms with van der Waals surface area (Å²) in [4.78, 5) is 4.70. The van der Waals surface area contributed by atoms with Gasteiger partial charge in [0, 0.05) is 41.9 Å². The summed E-state index contributed by atoms with van der Waals surface area (Å²) < 4.78 is 0. The fraction of sp³-hybridized carbons (Fsp3) is 0.500. The second kappa shape index (κ2) is 6.33. The van der Waals surface area contributed by atoms with Crippen molar-refractivity contribution in [1.29, 1.82) is 0 Å². The van der Waals surface area contributed by atoms with Crippen LogP contribution in [0.25, 0.3) is 0 Å². The van der Waals surface area contributed by atoms with E-state index < -0.39 is 0 Å². The molecule has 0 amide bonds. The van der Waals surface area contributed by atoms with Crippen molar-refractivity contribution < 1.29 is 5.21 Å². The van der Waals surface area contributed by atoms with Gasteiger partial charge >= 0.3 is 0 Å². The van der Waals surface area contributed by atoms with E-state index in [-0.39, 0.29) is 5.84 Å². The lowest BCUT2D eigenvalue weighted by molar-refractivity contribution is 0.199. The van der Waals surface area contributed by atoms with E-state index in [2.05, 4.69) is 28.8 Å². The van der Waals surface area contributed by atoms with Gasteiger partial charge in [-0.25, -0.2) is 0 Å². The van der Waals surface area contributed by atoms with Crippen molar-refractivity contribution >= 4 is 23.1 Å². The van der Waals surface area contributed by atoms with Gasteiger partial charge in [0.25, 0.3) is 0 Å². The van der Waals surface area contributed by atoms with Crippen LogP contribution < -0.4 is 10.6 Å². The van der Waals surface area contributed by atoms with Crippen molar-refractivity contribution in [3.8, 4) is 0 Å². The SMILES string of the molecule is CCN1CCN(c2ccc(Cl)cc2C(N)=NO)CC1C. The molecule has 6 heteroatoms. The van der Waals surface area contributed by atoms with Gasteiger partial charge in [-0.15, -0.1) is 0 Å². The molecule has 0 radical (unpaired) electrons. The second-order valence-corrected chi connectivity index (χ2v) is 5.51. The second-order valence-electron chi connectivity index (χ2n) is 5.07. The topological polar surface area (TPSA) is 65.1 Å². The van der Waals surface area contributed by atoms with Crippen LogP contribution in [0.1, 0.15) is 19.4 Å². The average Bonchev–Trinajstić information content (AvgIpc) is 2.46. The summed E-state index contributed by atoms with van der Waals surface area (Å²) in [7, 11) is 0. The molecule has 0 aromatic heterocycles. The lowest BCUT2D eigenvalue weighted by Crippen LogP contribution is -2.52. The lowest BCUT2D eigenvalue weighted by Gasteiger charge is -2.41. The number of piperazine rings is 1. The van der Waals surface area contributed by atoms with E-state index >= 15 is 0 Å². The Kier molecular flexibility index (Phi) is 4.73. The monoisotopic (exact) mass is 296 g/mol. The number of rotatable bonds is 3. The zero-order chi connectivity index (χ0) is 14.7. The molecular weight excluding hydrogens is 276 g/mol. The third kappa shape index (κ3) is 2.99. The Morgan fingerprint density at radius 1 is 1.50 bits per heavy atom. The van der Waals surface area contributed by atoms with E-state index in [1.165, 1.54) is 0 Å². The van der Waals surface area contributed by atoms with Crippen LogP contribution in [0.3, 0.4) is 0 Å². The maximum atomic E-state index is 8.93. The molecule has 0 spiro atoms. The van der Waals surface area contributed by atoms with Gasteiger partial charge in [-0.1, -0.05) is 23.7 Å². The molecule has 1 aromatic rings. The van der Waals surface area contributed by atoms with Gasteiger partial charge in [-0.3, -0.25) is 4.90 Å². The van der Waals surface area contributed by atoms with Crippen molar-refractivity contribution in [1.82, 2.24) is 4.90 Å². The fourth-order valence-corrected chi connectivity index (χ4v) is 2.90. The van der Waals surface area contributed by atoms with Crippen LogP contribution >= 0.6 is 11.6 Å². The summed E-state index contributed by atoms with van der Waals surface area (Å²) in [5.41, 5.74) is 7.41. The Bertz CT molecular complexity index is 506. The Hall–Kier alpha value is -1.46. The molecule has 1 aliphatic rings. The highest BCUT2D eigenvalue weighted by atomic mass is 35.5. The zero-order valence-corrected chi connectivity index (χ0v) is 12.6. The molecular formula is C14H21ClN4O. The van der Waals surface area contributed by atoms with Gasteiger partial charge in [0.1, 0.15) is 0 Å². The number of anilines is 1. The van der Waals surface area contributed by atoms with Gasteiger partial charge < -0.3 is 15.8 Å². The first kappa shape index (κ1) is 14.9. The molecule has 20 heavy (non-hydrogen) atoms. The summed E-state index contributed by atoms with van der Waals surface area (Å²) >= 11 is 6.01. The highest BCUT2D eigenvalue weighted by Crippen LogP contribution is 2.26. The summed E-state index contributed by atoms with van der Waals surface area (Å²) in [6, 6.07) is 5.99. The lowest BCUT2D eigenvalue weighted by atomic mass is 10.1. The van der Waals surface area contributed by atoms with Crippen molar-refractivity contribution in [2.45, 2.75) is 19.9 Å². The van der Waals surface area contributed by atoms with E-state index in [0.717, 1.165) is 31.9 Å². The highest BCUT2D eigenvalue weighted by Gasteiger charge is 2.24. The maximum Gasteiger partial charge on any atom is 0.172 e. The molecule has 3 N–H and O–H groups in total. The van der Waals surface area contributed by atoms with Crippen molar-refractivity contribution in [3.63, 3.8) is 0 Å². The minimum Gasteiger partial charge on any atom is -0.409 e. The smallest absolute Gasteiger partial charge is 0.172 e. The van der Waals surface area contributed by atoms with Crippen molar-refractivity contribution in [2.75, 3.05) is 31.1 Å². The van der Waals surface area contributed by atoms with Crippen LogP contribution in [-0.2, 0) is 0 Å². The van der Waals surface area contributed by atoms with Crippen LogP contribution in [0, 0.1) is 0 Å². The van der Waals surface area contributed by atoms with Gasteiger partial charge in [-0.05, 0) is 31.7 Å². The molecule has 1 unspecified atom stereocenters. The van der Waals surface area contributed by atoms with Gasteiger partial charge in [-0.2, -0.15) is 0 Å². The summed E-state index contributed by atoms with van der Waals surface area (Å²) in [6.07, 6.45) is 0. The van der Waals surface area contributed by atoms with E-state index in [9.17, 15) is 0 Å². The van der Waals surface area contributed by atoms with E-state index in [1.54, 1.807) is 6.07 Å². The van der Waals surface area contributed by atoms with E-state index in [1.807, 2.05) is 12.1 Å². The van der Waals surface area contributed by atoms with Crippen LogP contribution in [0.15, 0.2) is 23.4 Å². The van der Waals surface area contributed by atoms with Crippen LogP contribution in [0.5, 0.6) is 0 Å². The van der Waals surface area contributed by atoms with Crippen LogP contribution in [0.2, 0.25) is 5.02 Å². The third-order valence-electron chi connectivity index (χ3n) is 3.85. The normalized spacial score (nSPS) is 21.2. The third-order valence-corrected chi connectivity index (χ3v) is 4.09. The molecule has 2 rings (SSSR count). The number of oxime groups is 1. The first-order valence-electron chi connectivity index (χ1n) is 6.83. The van der Waals surface area contributed by atoms with Crippen molar-refractivity contribution in [3.05, 3.63) is 28.8 Å². The Morgan fingerprint density at radius 3 is 2.85 bits per heavy atom. The number of benzene rings is 1. The largest absolute Gasteiger partial charge is 0.409 e. The molecule has 1 heterocycles. The Balaban J connectivity index is 2.29. The van der Waals surface area contributed by atoms with Gasteiger partial charge in [0.05, 0.1) is 0 Å². The molecule has 1 saturated heterocycles. The fourth-order valence-electron chi connectivity index (χ4n) is 2.73. The quantitative estimate of drug-likeness (QED) is 0.387. The number of hydrogen-bond donors (Lipinski definition) is 2. The summed E-state index contributed by atoms with van der Waals surface area (Å²) in [5.74, 6) is 0.0908. The summed E-state index contributed by atoms with van der Waals surface area (Å²) in [5, 5.41) is 12.6. The molecule has 1 aromatic carbocycles. The molecule has 1 fully saturated rings. The van der Waals surface area contributed by atoms with Gasteiger partial charge in [0.2, 0.25) is 0 Å². The summed E-state index contributed by atoms with van der Waals surface area (Å²) in [6.45, 7) is 8.30. The molecule has 5 nitrogen and oxygen atoms in total. The predicted molar refractivity (Wildman–Crippen MR) is 82.9 cm³/mol. The number of nitrogens with two attached hydrogens (primary N) is 1. The van der Waals surface area contributed by atoms with Crippen LogP contribution in [0.4, 0.5) is 5.69 Å². The molecule has 1 atom stereocenters. The van der Waals surface area contributed by atoms with Crippen molar-refractivity contribution in [2.24, 2.45) is 10.9 Å². The number of halogens is 1. The Morgan fingerprint density at radius 2 is 2.25 bits per heavy atom. The zero-order valence-electron chi connectivity index (χ0n) is 11.9. The van der Waals surface area contributed by atoms with E-state index in [4.69, 9.17) is 22.5 Å². The molecule has 110 valence electrons. The minimum absolute atomic E-state index is 0.0908. The standard InChI is InChI=1S/C14H21ClN4O/c1-3-18-6-7-19(9-10(18)2)13-5-4-11(15)8-12(13)14(16)17-20/h4-5,8,10,20H,3,6-7,9H2,1-2H3,(H2,16,17). The van der Waals surface area contributed by atoms with Crippen LogP contribution in [-0.4, -0.2) is 48.2 Å². The number of hydrogen-bond acceptors (Lipinski definition) is 4. The first-order chi connectivity index (χ1) is 9.56. The molecule has 1 aliphatic heterocycles. The molecule has 0 aliphatic carbocycles. The first-order valence-corrected chi connectivity index (χ1v) is 7.21. The highest BCUT2D eigenvalue weighted by molar-refractivity contribution is 6.31. The maximum absolute atomic E-state index is 8.93. The number of likely N-dealkylation sites (N-methyl/N-ethyl adjacent to an activating group) is 1. The molecule has 0 saturated carbocycles. The van der Waals surface area contributed by atoms with Gasteiger partial charge in [0.15, 0.2) is 5.84 Å². The number of amidine groups is 1. The predicted octanol–water partition coefficient (Wildman–Crippen LogP) is 1.96. The average molecular weight is 297 g/mol. The van der Waals surface area contributed by atoms with E-state index in [0.29, 0.717) is 16.6 Å². The Labute approximate surface area is 124 Å². The molecule has 0 bridgehead atoms. The minimum atomic E-state index is 0.0908.